The van der Waals surface area contributed by atoms with Crippen molar-refractivity contribution in [2.24, 2.45) is 15.2 Å². The van der Waals surface area contributed by atoms with Crippen molar-refractivity contribution in [1.29, 1.82) is 0 Å². The second kappa shape index (κ2) is 3.57. The molecule has 1 aliphatic rings. The highest BCUT2D eigenvalue weighted by atomic mass is 16.5. The summed E-state index contributed by atoms with van der Waals surface area (Å²) in [4.78, 5) is 13.4. The Morgan fingerprint density at radius 3 is 3.18 bits per heavy atom. The fraction of sp³-hybridized carbons (Fsp3) is 0.200. The van der Waals surface area contributed by atoms with E-state index in [-0.39, 0.29) is 6.41 Å². The van der Waals surface area contributed by atoms with Gasteiger partial charge in [-0.1, -0.05) is 0 Å². The standard InChI is InChI=1S/C5H6N4O2/c10-4-7-8-5-6-2-1-3-9(5)11/h1-5,11H/t5-/m0/s1. The minimum Gasteiger partial charge on any atom is -0.285 e. The molecule has 0 fully saturated rings. The molecule has 0 spiro atoms. The number of hydrogen-bond acceptors (Lipinski definition) is 5. The van der Waals surface area contributed by atoms with E-state index in [9.17, 15) is 4.79 Å². The summed E-state index contributed by atoms with van der Waals surface area (Å²) in [5, 5.41) is 16.1. The van der Waals surface area contributed by atoms with E-state index in [1.165, 1.54) is 18.5 Å². The first kappa shape index (κ1) is 7.55. The number of azo groups is 1. The summed E-state index contributed by atoms with van der Waals surface area (Å²) in [5.74, 6) is 0. The Bertz CT molecular complexity index is 223. The molecule has 0 aromatic rings. The Labute approximate surface area is 62.5 Å². The Balaban J connectivity index is 2.58. The summed E-state index contributed by atoms with van der Waals surface area (Å²) in [7, 11) is 0. The molecule has 0 bridgehead atoms. The van der Waals surface area contributed by atoms with E-state index in [4.69, 9.17) is 5.21 Å². The van der Waals surface area contributed by atoms with E-state index in [0.29, 0.717) is 0 Å². The van der Waals surface area contributed by atoms with Crippen LogP contribution in [0.25, 0.3) is 0 Å². The van der Waals surface area contributed by atoms with Crippen LogP contribution >= 0.6 is 0 Å². The van der Waals surface area contributed by atoms with Crippen LogP contribution in [0.5, 0.6) is 0 Å². The molecule has 6 heteroatoms. The Kier molecular flexibility index (Phi) is 2.45. The van der Waals surface area contributed by atoms with Crippen LogP contribution in [0.1, 0.15) is 0 Å². The number of nitrogens with zero attached hydrogens (tertiary/aromatic N) is 4. The second-order valence-corrected chi connectivity index (χ2v) is 1.70. The molecular formula is C5H6N4O2. The van der Waals surface area contributed by atoms with E-state index in [2.05, 4.69) is 15.2 Å². The molecule has 0 aliphatic carbocycles. The van der Waals surface area contributed by atoms with Crippen LogP contribution in [0, 0.1) is 0 Å². The molecule has 1 amide bonds. The molecule has 1 rings (SSSR count). The van der Waals surface area contributed by atoms with E-state index in [1.807, 2.05) is 0 Å². The average Bonchev–Trinajstić information content (AvgIpc) is 2.03. The van der Waals surface area contributed by atoms with E-state index in [1.54, 1.807) is 0 Å². The van der Waals surface area contributed by atoms with Gasteiger partial charge in [0.25, 0.3) is 12.7 Å². The highest BCUT2D eigenvalue weighted by molar-refractivity contribution is 5.71. The molecule has 1 heterocycles. The van der Waals surface area contributed by atoms with Gasteiger partial charge in [0.15, 0.2) is 0 Å². The minimum absolute atomic E-state index is 0.279. The molecule has 0 saturated carbocycles. The zero-order valence-corrected chi connectivity index (χ0v) is 5.53. The monoisotopic (exact) mass is 154 g/mol. The molecule has 1 aliphatic heterocycles. The zero-order chi connectivity index (χ0) is 8.10. The highest BCUT2D eigenvalue weighted by Gasteiger charge is 2.10. The largest absolute Gasteiger partial charge is 0.285 e. The lowest BCUT2D eigenvalue weighted by Gasteiger charge is -2.17. The molecule has 0 aromatic heterocycles. The molecule has 58 valence electrons. The quantitative estimate of drug-likeness (QED) is 0.454. The topological polar surface area (TPSA) is 77.6 Å². The third-order valence-electron chi connectivity index (χ3n) is 0.998. The number of carbonyl (C=O) groups is 1. The van der Waals surface area contributed by atoms with Crippen molar-refractivity contribution < 1.29 is 10.0 Å². The average molecular weight is 154 g/mol. The fourth-order valence-corrected chi connectivity index (χ4v) is 0.568. The molecule has 1 atom stereocenters. The van der Waals surface area contributed by atoms with Crippen LogP contribution in [-0.4, -0.2) is 29.2 Å². The molecule has 6 nitrogen and oxygen atoms in total. The van der Waals surface area contributed by atoms with Gasteiger partial charge in [-0.15, -0.1) is 10.2 Å². The van der Waals surface area contributed by atoms with Gasteiger partial charge in [0.2, 0.25) is 0 Å². The number of amides is 1. The maximum atomic E-state index is 9.72. The summed E-state index contributed by atoms with van der Waals surface area (Å²) in [6.07, 6.45) is 3.81. The number of hydrogen-bond donors (Lipinski definition) is 1. The van der Waals surface area contributed by atoms with Gasteiger partial charge in [-0.3, -0.25) is 10.0 Å². The van der Waals surface area contributed by atoms with E-state index >= 15 is 0 Å². The SMILES string of the molecule is O=CN=N[C@@H]1N=CC=CN1O. The summed E-state index contributed by atoms with van der Waals surface area (Å²) >= 11 is 0. The van der Waals surface area contributed by atoms with Crippen molar-refractivity contribution in [3.63, 3.8) is 0 Å². The third-order valence-corrected chi connectivity index (χ3v) is 0.998. The number of rotatable bonds is 2. The number of hydroxylamine groups is 2. The minimum atomic E-state index is -0.829. The lowest BCUT2D eigenvalue weighted by molar-refractivity contribution is -0.108. The lowest BCUT2D eigenvalue weighted by Crippen LogP contribution is -2.25. The molecule has 0 saturated heterocycles. The van der Waals surface area contributed by atoms with E-state index in [0.717, 1.165) is 5.06 Å². The van der Waals surface area contributed by atoms with Gasteiger partial charge in [-0.05, 0) is 6.08 Å². The van der Waals surface area contributed by atoms with Crippen molar-refractivity contribution in [3.8, 4) is 0 Å². The summed E-state index contributed by atoms with van der Waals surface area (Å²) in [5.41, 5.74) is 0. The van der Waals surface area contributed by atoms with Crippen LogP contribution < -0.4 is 0 Å². The number of allylic oxidation sites excluding steroid dienone is 1. The molecule has 1 N–H and O–H groups in total. The number of carbonyl (C=O) groups excluding carboxylic acids is 1. The molecule has 0 radical (unpaired) electrons. The van der Waals surface area contributed by atoms with Gasteiger partial charge in [-0.2, -0.15) is 0 Å². The Hall–Kier alpha value is -1.56. The summed E-state index contributed by atoms with van der Waals surface area (Å²) in [6, 6.07) is 0. The van der Waals surface area contributed by atoms with Crippen LogP contribution in [0.3, 0.4) is 0 Å². The van der Waals surface area contributed by atoms with Gasteiger partial charge < -0.3 is 0 Å². The maximum absolute atomic E-state index is 9.72. The Morgan fingerprint density at radius 2 is 2.55 bits per heavy atom. The summed E-state index contributed by atoms with van der Waals surface area (Å²) in [6.45, 7) is 0. The first-order valence-electron chi connectivity index (χ1n) is 2.85. The van der Waals surface area contributed by atoms with Crippen molar-refractivity contribution in [2.45, 2.75) is 6.29 Å². The highest BCUT2D eigenvalue weighted by Crippen LogP contribution is 2.03. The van der Waals surface area contributed by atoms with Crippen LogP contribution in [0.2, 0.25) is 0 Å². The molecule has 11 heavy (non-hydrogen) atoms. The van der Waals surface area contributed by atoms with Gasteiger partial charge in [0.1, 0.15) is 0 Å². The molecule has 0 unspecified atom stereocenters. The smallest absolute Gasteiger partial charge is 0.257 e. The third kappa shape index (κ3) is 1.94. The van der Waals surface area contributed by atoms with Gasteiger partial charge in [0, 0.05) is 12.4 Å². The Morgan fingerprint density at radius 1 is 1.73 bits per heavy atom. The van der Waals surface area contributed by atoms with Crippen molar-refractivity contribution in [2.75, 3.05) is 0 Å². The predicted octanol–water partition coefficient (Wildman–Crippen LogP) is 0.168. The second-order valence-electron chi connectivity index (χ2n) is 1.70. The molecular weight excluding hydrogens is 148 g/mol. The fourth-order valence-electron chi connectivity index (χ4n) is 0.568. The van der Waals surface area contributed by atoms with Crippen molar-refractivity contribution in [1.82, 2.24) is 5.06 Å². The first-order valence-corrected chi connectivity index (χ1v) is 2.85. The van der Waals surface area contributed by atoms with E-state index < -0.39 is 6.29 Å². The van der Waals surface area contributed by atoms with Crippen molar-refractivity contribution >= 4 is 12.6 Å². The van der Waals surface area contributed by atoms with Crippen LogP contribution in [0.15, 0.2) is 27.5 Å². The lowest BCUT2D eigenvalue weighted by atomic mass is 10.6. The van der Waals surface area contributed by atoms with Crippen LogP contribution in [-0.2, 0) is 4.79 Å². The number of aliphatic imine (C=N–C) groups is 1. The first-order chi connectivity index (χ1) is 5.34. The zero-order valence-electron chi connectivity index (χ0n) is 5.53. The normalized spacial score (nSPS) is 23.0. The van der Waals surface area contributed by atoms with Gasteiger partial charge in [-0.25, -0.2) is 10.1 Å². The van der Waals surface area contributed by atoms with Crippen LogP contribution in [0.4, 0.5) is 0 Å². The molecule has 0 aromatic carbocycles. The van der Waals surface area contributed by atoms with Gasteiger partial charge in [0.05, 0.1) is 0 Å². The van der Waals surface area contributed by atoms with Crippen molar-refractivity contribution in [3.05, 3.63) is 12.3 Å². The predicted molar refractivity (Wildman–Crippen MR) is 36.0 cm³/mol. The van der Waals surface area contributed by atoms with Gasteiger partial charge >= 0.3 is 0 Å². The summed E-state index contributed by atoms with van der Waals surface area (Å²) < 4.78 is 0. The maximum Gasteiger partial charge on any atom is 0.257 e.